The molecule has 0 unspecified atom stereocenters. The molecule has 1 saturated heterocycles. The number of urea groups is 1. The lowest BCUT2D eigenvalue weighted by Crippen LogP contribution is -2.54. The van der Waals surface area contributed by atoms with Gasteiger partial charge in [-0.1, -0.05) is 42.7 Å². The first-order chi connectivity index (χ1) is 11.9. The van der Waals surface area contributed by atoms with Crippen LogP contribution in [-0.4, -0.2) is 55.9 Å². The Hall–Kier alpha value is -1.60. The van der Waals surface area contributed by atoms with Crippen LogP contribution in [0.3, 0.4) is 0 Å². The summed E-state index contributed by atoms with van der Waals surface area (Å²) in [5.74, 6) is 0.0154. The average Bonchev–Trinajstić information content (AvgIpc) is 3.10. The highest BCUT2D eigenvalue weighted by atomic mass is 32.2. The molecule has 1 heterocycles. The number of nitrogens with zero attached hydrogens (tertiary/aromatic N) is 2. The number of nitrogens with one attached hydrogen (secondary N) is 1. The van der Waals surface area contributed by atoms with Gasteiger partial charge in [-0.05, 0) is 25.3 Å². The van der Waals surface area contributed by atoms with Gasteiger partial charge in [0.2, 0.25) is 10.0 Å². The van der Waals surface area contributed by atoms with Crippen LogP contribution in [0.25, 0.3) is 0 Å². The Bertz CT molecular complexity index is 689. The van der Waals surface area contributed by atoms with Gasteiger partial charge in [-0.2, -0.15) is 4.31 Å². The molecule has 1 aromatic rings. The van der Waals surface area contributed by atoms with Gasteiger partial charge < -0.3 is 10.2 Å². The normalized spacial score (nSPS) is 20.0. The third kappa shape index (κ3) is 4.73. The van der Waals surface area contributed by atoms with Gasteiger partial charge in [0, 0.05) is 32.2 Å². The Labute approximate surface area is 150 Å². The molecule has 6 nitrogen and oxygen atoms in total. The Morgan fingerprint density at radius 3 is 2.28 bits per heavy atom. The van der Waals surface area contributed by atoms with E-state index >= 15 is 0 Å². The van der Waals surface area contributed by atoms with Crippen LogP contribution >= 0.6 is 0 Å². The van der Waals surface area contributed by atoms with E-state index in [0.29, 0.717) is 26.2 Å². The van der Waals surface area contributed by atoms with Crippen LogP contribution in [0, 0.1) is 6.92 Å². The van der Waals surface area contributed by atoms with Crippen molar-refractivity contribution in [3.8, 4) is 0 Å². The van der Waals surface area contributed by atoms with E-state index in [0.717, 1.165) is 24.0 Å². The van der Waals surface area contributed by atoms with E-state index < -0.39 is 10.0 Å². The molecular formula is C18H27N3O3S. The molecule has 0 atom stereocenters. The molecule has 2 amide bonds. The second-order valence-corrected chi connectivity index (χ2v) is 9.03. The molecule has 0 bridgehead atoms. The summed E-state index contributed by atoms with van der Waals surface area (Å²) in [7, 11) is -3.35. The number of hydrogen-bond acceptors (Lipinski definition) is 3. The highest BCUT2D eigenvalue weighted by Crippen LogP contribution is 2.19. The smallest absolute Gasteiger partial charge is 0.317 e. The maximum Gasteiger partial charge on any atom is 0.317 e. The number of aryl methyl sites for hydroxylation is 1. The maximum absolute atomic E-state index is 12.6. The predicted octanol–water partition coefficient (Wildman–Crippen LogP) is 2.09. The molecular weight excluding hydrogens is 338 g/mol. The Balaban J connectivity index is 1.52. The van der Waals surface area contributed by atoms with Crippen LogP contribution in [-0.2, 0) is 15.8 Å². The Morgan fingerprint density at radius 2 is 1.68 bits per heavy atom. The van der Waals surface area contributed by atoms with Crippen LogP contribution in [0.5, 0.6) is 0 Å². The number of piperazine rings is 1. The summed E-state index contributed by atoms with van der Waals surface area (Å²) in [5.41, 5.74) is 1.91. The molecule has 7 heteroatoms. The van der Waals surface area contributed by atoms with Gasteiger partial charge in [-0.25, -0.2) is 13.2 Å². The first-order valence-corrected chi connectivity index (χ1v) is 10.6. The number of sulfonamides is 1. The SMILES string of the molecule is Cc1ccc(CS(=O)(=O)N2CCN(C(=O)NC3CCCC3)CC2)cc1. The van der Waals surface area contributed by atoms with E-state index in [1.54, 1.807) is 4.90 Å². The van der Waals surface area contributed by atoms with Crippen LogP contribution < -0.4 is 5.32 Å². The molecule has 3 rings (SSSR count). The largest absolute Gasteiger partial charge is 0.335 e. The quantitative estimate of drug-likeness (QED) is 0.888. The van der Waals surface area contributed by atoms with Gasteiger partial charge in [-0.3, -0.25) is 0 Å². The fraction of sp³-hybridized carbons (Fsp3) is 0.611. The fourth-order valence-corrected chi connectivity index (χ4v) is 5.01. The van der Waals surface area contributed by atoms with Crippen molar-refractivity contribution in [1.82, 2.24) is 14.5 Å². The minimum atomic E-state index is -3.35. The second kappa shape index (κ2) is 7.74. The van der Waals surface area contributed by atoms with Gasteiger partial charge >= 0.3 is 6.03 Å². The standard InChI is InChI=1S/C18H27N3O3S/c1-15-6-8-16(9-7-15)14-25(23,24)21-12-10-20(11-13-21)18(22)19-17-4-2-3-5-17/h6-9,17H,2-5,10-14H2,1H3,(H,19,22). The fourth-order valence-electron chi connectivity index (χ4n) is 3.49. The summed E-state index contributed by atoms with van der Waals surface area (Å²) in [6, 6.07) is 7.81. The van der Waals surface area contributed by atoms with Crippen molar-refractivity contribution in [3.63, 3.8) is 0 Å². The van der Waals surface area contributed by atoms with Crippen LogP contribution in [0.4, 0.5) is 4.79 Å². The van der Waals surface area contributed by atoms with E-state index in [1.165, 1.54) is 17.1 Å². The summed E-state index contributed by atoms with van der Waals surface area (Å²) < 4.78 is 26.7. The van der Waals surface area contributed by atoms with Gasteiger partial charge in [0.05, 0.1) is 5.75 Å². The van der Waals surface area contributed by atoms with Crippen molar-refractivity contribution in [1.29, 1.82) is 0 Å². The van der Waals surface area contributed by atoms with Crippen molar-refractivity contribution < 1.29 is 13.2 Å². The topological polar surface area (TPSA) is 69.7 Å². The Kier molecular flexibility index (Phi) is 5.64. The monoisotopic (exact) mass is 365 g/mol. The van der Waals surface area contributed by atoms with Gasteiger partial charge in [-0.15, -0.1) is 0 Å². The minimum Gasteiger partial charge on any atom is -0.335 e. The summed E-state index contributed by atoms with van der Waals surface area (Å²) in [6.45, 7) is 3.62. The lowest BCUT2D eigenvalue weighted by Gasteiger charge is -2.34. The predicted molar refractivity (Wildman–Crippen MR) is 97.7 cm³/mol. The maximum atomic E-state index is 12.6. The second-order valence-electron chi connectivity index (χ2n) is 7.06. The molecule has 1 aliphatic heterocycles. The highest BCUT2D eigenvalue weighted by Gasteiger charge is 2.30. The van der Waals surface area contributed by atoms with Crippen molar-refractivity contribution in [2.24, 2.45) is 0 Å². The number of hydrogen-bond donors (Lipinski definition) is 1. The number of carbonyl (C=O) groups is 1. The number of rotatable bonds is 4. The lowest BCUT2D eigenvalue weighted by molar-refractivity contribution is 0.169. The molecule has 1 N–H and O–H groups in total. The van der Waals surface area contributed by atoms with Gasteiger partial charge in [0.25, 0.3) is 0 Å². The Morgan fingerprint density at radius 1 is 1.08 bits per heavy atom. The first-order valence-electron chi connectivity index (χ1n) is 9.03. The minimum absolute atomic E-state index is 0.0154. The summed E-state index contributed by atoms with van der Waals surface area (Å²) >= 11 is 0. The van der Waals surface area contributed by atoms with Crippen LogP contribution in [0.1, 0.15) is 36.8 Å². The molecule has 0 radical (unpaired) electrons. The summed E-state index contributed by atoms with van der Waals surface area (Å²) in [6.07, 6.45) is 4.46. The number of amides is 2. The van der Waals surface area contributed by atoms with E-state index in [4.69, 9.17) is 0 Å². The van der Waals surface area contributed by atoms with Crippen LogP contribution in [0.2, 0.25) is 0 Å². The van der Waals surface area contributed by atoms with E-state index in [1.807, 2.05) is 31.2 Å². The van der Waals surface area contributed by atoms with E-state index in [2.05, 4.69) is 5.32 Å². The van der Waals surface area contributed by atoms with E-state index in [9.17, 15) is 13.2 Å². The molecule has 1 aromatic carbocycles. The highest BCUT2D eigenvalue weighted by molar-refractivity contribution is 7.88. The zero-order valence-electron chi connectivity index (χ0n) is 14.8. The third-order valence-electron chi connectivity index (χ3n) is 5.07. The van der Waals surface area contributed by atoms with Crippen LogP contribution in [0.15, 0.2) is 24.3 Å². The van der Waals surface area contributed by atoms with Crippen molar-refractivity contribution in [2.75, 3.05) is 26.2 Å². The molecule has 25 heavy (non-hydrogen) atoms. The van der Waals surface area contributed by atoms with Crippen molar-refractivity contribution >= 4 is 16.1 Å². The lowest BCUT2D eigenvalue weighted by atomic mass is 10.2. The van der Waals surface area contributed by atoms with Crippen molar-refractivity contribution in [3.05, 3.63) is 35.4 Å². The molecule has 2 fully saturated rings. The molecule has 0 spiro atoms. The summed E-state index contributed by atoms with van der Waals surface area (Å²) in [4.78, 5) is 14.0. The average molecular weight is 365 g/mol. The first kappa shape index (κ1) is 18.2. The van der Waals surface area contributed by atoms with Gasteiger partial charge in [0.15, 0.2) is 0 Å². The molecule has 1 saturated carbocycles. The molecule has 2 aliphatic rings. The zero-order chi connectivity index (χ0) is 17.9. The molecule has 1 aliphatic carbocycles. The third-order valence-corrected chi connectivity index (χ3v) is 6.92. The zero-order valence-corrected chi connectivity index (χ0v) is 15.6. The number of carbonyl (C=O) groups excluding carboxylic acids is 1. The van der Waals surface area contributed by atoms with Crippen molar-refractivity contribution in [2.45, 2.75) is 44.4 Å². The summed E-state index contributed by atoms with van der Waals surface area (Å²) in [5, 5.41) is 3.07. The molecule has 0 aromatic heterocycles. The van der Waals surface area contributed by atoms with E-state index in [-0.39, 0.29) is 17.8 Å². The number of benzene rings is 1. The molecule has 138 valence electrons. The van der Waals surface area contributed by atoms with Gasteiger partial charge in [0.1, 0.15) is 0 Å².